The fourth-order valence-electron chi connectivity index (χ4n) is 1.83. The molecule has 0 spiro atoms. The number of fused-ring (bicyclic) bond motifs is 1. The molecule has 0 amide bonds. The highest BCUT2D eigenvalue weighted by Crippen LogP contribution is 2.45. The lowest BCUT2D eigenvalue weighted by atomic mass is 9.88. The second-order valence-corrected chi connectivity index (χ2v) is 3.95. The quantitative estimate of drug-likeness (QED) is 0.684. The number of carbonyl (C=O) groups excluding carboxylic acids is 1. The lowest BCUT2D eigenvalue weighted by Crippen LogP contribution is -2.43. The first kappa shape index (κ1) is 9.34. The number of Topliss-reactive ketones (excluding diaryl/α,β-unsaturated/α-hetero) is 1. The molecule has 14 heavy (non-hydrogen) atoms. The average molecular weight is 194 g/mol. The van der Waals surface area contributed by atoms with Crippen LogP contribution in [0.15, 0.2) is 24.3 Å². The highest BCUT2D eigenvalue weighted by molar-refractivity contribution is 6.08. The van der Waals surface area contributed by atoms with Crippen LogP contribution in [0.1, 0.15) is 29.8 Å². The predicted octanol–water partition coefficient (Wildman–Crippen LogP) is 1.82. The van der Waals surface area contributed by atoms with Crippen LogP contribution in [-0.2, 0) is 5.60 Å². The van der Waals surface area contributed by atoms with E-state index in [0.717, 1.165) is 6.92 Å². The van der Waals surface area contributed by atoms with Crippen LogP contribution in [0, 0.1) is 0 Å². The summed E-state index contributed by atoms with van der Waals surface area (Å²) >= 11 is 0. The Bertz CT molecular complexity index is 408. The molecule has 0 saturated heterocycles. The Labute approximate surface area is 81.4 Å². The third-order valence-electron chi connectivity index (χ3n) is 3.04. The summed E-state index contributed by atoms with van der Waals surface area (Å²) in [5.74, 6) is -0.641. The summed E-state index contributed by atoms with van der Waals surface area (Å²) in [6.45, 7) is 2.45. The molecule has 0 aliphatic heterocycles. The molecule has 1 aliphatic rings. The Balaban J connectivity index is 2.74. The molecular weight excluding hydrogens is 183 g/mol. The summed E-state index contributed by atoms with van der Waals surface area (Å²) in [6.07, 6.45) is 0. The van der Waals surface area contributed by atoms with Crippen molar-refractivity contribution in [1.82, 2.24) is 0 Å². The van der Waals surface area contributed by atoms with Crippen LogP contribution in [0.25, 0.3) is 0 Å². The molecule has 1 unspecified atom stereocenters. The van der Waals surface area contributed by atoms with E-state index >= 15 is 0 Å². The average Bonchev–Trinajstić information content (AvgIpc) is 2.27. The first-order valence-corrected chi connectivity index (χ1v) is 4.44. The van der Waals surface area contributed by atoms with Gasteiger partial charge in [-0.15, -0.1) is 0 Å². The Hall–Kier alpha value is -1.22. The SMILES string of the molecule is CC1(F)C(=O)c2ccccc2[C@@]1(C)O. The molecule has 2 atom stereocenters. The van der Waals surface area contributed by atoms with E-state index in [2.05, 4.69) is 0 Å². The largest absolute Gasteiger partial charge is 0.382 e. The molecule has 1 N–H and O–H groups in total. The van der Waals surface area contributed by atoms with Gasteiger partial charge in [-0.05, 0) is 19.4 Å². The lowest BCUT2D eigenvalue weighted by molar-refractivity contribution is -0.0564. The molecule has 0 fully saturated rings. The van der Waals surface area contributed by atoms with Crippen molar-refractivity contribution in [2.45, 2.75) is 25.1 Å². The van der Waals surface area contributed by atoms with Gasteiger partial charge in [-0.3, -0.25) is 4.79 Å². The van der Waals surface area contributed by atoms with E-state index in [1.54, 1.807) is 18.2 Å². The number of ketones is 1. The van der Waals surface area contributed by atoms with Gasteiger partial charge in [0.2, 0.25) is 11.5 Å². The fourth-order valence-corrected chi connectivity index (χ4v) is 1.83. The zero-order chi connectivity index (χ0) is 10.6. The normalized spacial score (nSPS) is 35.9. The predicted molar refractivity (Wildman–Crippen MR) is 49.9 cm³/mol. The van der Waals surface area contributed by atoms with Crippen LogP contribution in [0.5, 0.6) is 0 Å². The summed E-state index contributed by atoms with van der Waals surface area (Å²) < 4.78 is 14.0. The number of halogens is 1. The maximum Gasteiger partial charge on any atom is 0.203 e. The van der Waals surface area contributed by atoms with E-state index in [1.807, 2.05) is 0 Å². The summed E-state index contributed by atoms with van der Waals surface area (Å²) in [4.78, 5) is 11.6. The van der Waals surface area contributed by atoms with E-state index in [9.17, 15) is 14.3 Å². The van der Waals surface area contributed by atoms with E-state index in [1.165, 1.54) is 13.0 Å². The minimum atomic E-state index is -2.23. The standard InChI is InChI=1S/C11H11FO2/c1-10(12)9(13)7-5-3-4-6-8(7)11(10,2)14/h3-6,14H,1-2H3/t10?,11-/m1/s1. The van der Waals surface area contributed by atoms with Crippen molar-refractivity contribution in [3.05, 3.63) is 35.4 Å². The van der Waals surface area contributed by atoms with E-state index < -0.39 is 17.1 Å². The van der Waals surface area contributed by atoms with Crippen molar-refractivity contribution in [3.63, 3.8) is 0 Å². The second-order valence-electron chi connectivity index (χ2n) is 3.95. The molecule has 0 radical (unpaired) electrons. The minimum absolute atomic E-state index is 0.280. The molecule has 0 heterocycles. The Morgan fingerprint density at radius 3 is 2.43 bits per heavy atom. The minimum Gasteiger partial charge on any atom is -0.382 e. The highest BCUT2D eigenvalue weighted by Gasteiger charge is 2.58. The van der Waals surface area contributed by atoms with Gasteiger partial charge >= 0.3 is 0 Å². The van der Waals surface area contributed by atoms with Crippen LogP contribution < -0.4 is 0 Å². The van der Waals surface area contributed by atoms with Gasteiger partial charge in [0.25, 0.3) is 0 Å². The van der Waals surface area contributed by atoms with Gasteiger partial charge in [0.1, 0.15) is 5.60 Å². The molecule has 1 aliphatic carbocycles. The van der Waals surface area contributed by atoms with Crippen molar-refractivity contribution >= 4 is 5.78 Å². The van der Waals surface area contributed by atoms with Crippen molar-refractivity contribution in [2.24, 2.45) is 0 Å². The zero-order valence-corrected chi connectivity index (χ0v) is 8.04. The molecule has 3 heteroatoms. The van der Waals surface area contributed by atoms with Gasteiger partial charge in [-0.1, -0.05) is 24.3 Å². The van der Waals surface area contributed by atoms with Crippen LogP contribution >= 0.6 is 0 Å². The molecule has 0 bridgehead atoms. The molecule has 2 nitrogen and oxygen atoms in total. The van der Waals surface area contributed by atoms with Crippen LogP contribution in [-0.4, -0.2) is 16.6 Å². The van der Waals surface area contributed by atoms with Crippen molar-refractivity contribution in [2.75, 3.05) is 0 Å². The molecule has 1 aromatic rings. The first-order valence-electron chi connectivity index (χ1n) is 4.44. The summed E-state index contributed by atoms with van der Waals surface area (Å²) in [5.41, 5.74) is -3.30. The van der Waals surface area contributed by atoms with Gasteiger partial charge in [-0.25, -0.2) is 4.39 Å². The summed E-state index contributed by atoms with van der Waals surface area (Å²) in [5, 5.41) is 9.95. The van der Waals surface area contributed by atoms with Crippen LogP contribution in [0.3, 0.4) is 0 Å². The molecule has 74 valence electrons. The number of alkyl halides is 1. The number of hydrogen-bond acceptors (Lipinski definition) is 2. The number of hydrogen-bond donors (Lipinski definition) is 1. The van der Waals surface area contributed by atoms with Gasteiger partial charge in [0, 0.05) is 5.56 Å². The Kier molecular flexibility index (Phi) is 1.61. The number of benzene rings is 1. The number of rotatable bonds is 0. The van der Waals surface area contributed by atoms with E-state index in [-0.39, 0.29) is 5.56 Å². The second kappa shape index (κ2) is 2.42. The Morgan fingerprint density at radius 2 is 1.86 bits per heavy atom. The lowest BCUT2D eigenvalue weighted by Gasteiger charge is -2.28. The van der Waals surface area contributed by atoms with Gasteiger partial charge in [-0.2, -0.15) is 0 Å². The Morgan fingerprint density at radius 1 is 1.29 bits per heavy atom. The molecular formula is C11H11FO2. The molecule has 0 aromatic heterocycles. The smallest absolute Gasteiger partial charge is 0.203 e. The van der Waals surface area contributed by atoms with Crippen molar-refractivity contribution < 1.29 is 14.3 Å². The molecule has 2 rings (SSSR count). The van der Waals surface area contributed by atoms with E-state index in [4.69, 9.17) is 0 Å². The monoisotopic (exact) mass is 194 g/mol. The number of aliphatic hydroxyl groups is 1. The zero-order valence-electron chi connectivity index (χ0n) is 8.04. The van der Waals surface area contributed by atoms with E-state index in [0.29, 0.717) is 5.56 Å². The fraction of sp³-hybridized carbons (Fsp3) is 0.364. The maximum absolute atomic E-state index is 14.0. The van der Waals surface area contributed by atoms with Crippen molar-refractivity contribution in [1.29, 1.82) is 0 Å². The number of carbonyl (C=O) groups is 1. The van der Waals surface area contributed by atoms with Crippen LogP contribution in [0.2, 0.25) is 0 Å². The third-order valence-corrected chi connectivity index (χ3v) is 3.04. The van der Waals surface area contributed by atoms with Gasteiger partial charge < -0.3 is 5.11 Å². The summed E-state index contributed by atoms with van der Waals surface area (Å²) in [7, 11) is 0. The highest BCUT2D eigenvalue weighted by atomic mass is 19.1. The third kappa shape index (κ3) is 0.852. The van der Waals surface area contributed by atoms with Gasteiger partial charge in [0.05, 0.1) is 0 Å². The molecule has 1 aromatic carbocycles. The molecule has 0 saturated carbocycles. The maximum atomic E-state index is 14.0. The van der Waals surface area contributed by atoms with Crippen molar-refractivity contribution in [3.8, 4) is 0 Å². The topological polar surface area (TPSA) is 37.3 Å². The summed E-state index contributed by atoms with van der Waals surface area (Å²) in [6, 6.07) is 6.46. The van der Waals surface area contributed by atoms with Crippen LogP contribution in [0.4, 0.5) is 4.39 Å². The first-order chi connectivity index (χ1) is 6.39. The van der Waals surface area contributed by atoms with Gasteiger partial charge in [0.15, 0.2) is 0 Å².